The number of unbranched alkanes of at least 4 members (excludes halogenated alkanes) is 2. The smallest absolute Gasteiger partial charge is 0.453 e. The van der Waals surface area contributed by atoms with Crippen molar-refractivity contribution in [3.8, 4) is 5.75 Å². The minimum atomic E-state index is -5.47. The van der Waals surface area contributed by atoms with Crippen LogP contribution in [0.1, 0.15) is 94.6 Å². The van der Waals surface area contributed by atoms with Gasteiger partial charge in [0.2, 0.25) is 0 Å². The molecule has 240 valence electrons. The molecule has 0 aliphatic heterocycles. The van der Waals surface area contributed by atoms with Gasteiger partial charge in [-0.1, -0.05) is 19.8 Å². The van der Waals surface area contributed by atoms with Gasteiger partial charge in [-0.3, -0.25) is 0 Å². The summed E-state index contributed by atoms with van der Waals surface area (Å²) in [5, 5.41) is 20.9. The first-order chi connectivity index (χ1) is 19.7. The van der Waals surface area contributed by atoms with Gasteiger partial charge in [-0.05, 0) is 142 Å². The zero-order chi connectivity index (χ0) is 30.7. The van der Waals surface area contributed by atoms with Crippen LogP contribution in [-0.2, 0) is 6.42 Å². The molecule has 42 heavy (non-hydrogen) atoms. The summed E-state index contributed by atoms with van der Waals surface area (Å²) < 4.78 is 77.0. The zero-order valence-corrected chi connectivity index (χ0v) is 25.7. The number of benzene rings is 1. The van der Waals surface area contributed by atoms with E-state index in [1.54, 1.807) is 12.1 Å². The highest BCUT2D eigenvalue weighted by atomic mass is 32.2. The number of aromatic hydroxyl groups is 1. The summed E-state index contributed by atoms with van der Waals surface area (Å²) in [5.74, 6) is -2.78. The highest BCUT2D eigenvalue weighted by Crippen LogP contribution is 2.63. The summed E-state index contributed by atoms with van der Waals surface area (Å²) in [5.41, 5.74) is 2.07. The summed E-state index contributed by atoms with van der Waals surface area (Å²) in [4.78, 5) is 2.25. The molecular weight excluding hydrogens is 576 g/mol. The van der Waals surface area contributed by atoms with Crippen molar-refractivity contribution < 1.29 is 36.6 Å². The van der Waals surface area contributed by atoms with Crippen LogP contribution in [0.2, 0.25) is 0 Å². The van der Waals surface area contributed by atoms with Crippen LogP contribution in [0.4, 0.5) is 26.3 Å². The molecule has 3 aliphatic carbocycles. The van der Waals surface area contributed by atoms with Gasteiger partial charge in [-0.2, -0.15) is 33.7 Å². The lowest BCUT2D eigenvalue weighted by molar-refractivity contribution is -0.284. The lowest BCUT2D eigenvalue weighted by Crippen LogP contribution is -2.47. The lowest BCUT2D eigenvalue weighted by Gasteiger charge is -2.53. The molecule has 10 heteroatoms. The van der Waals surface area contributed by atoms with Crippen molar-refractivity contribution in [2.75, 3.05) is 31.6 Å². The fraction of sp³-hybridized carbons (Fsp3) is 0.812. The van der Waals surface area contributed by atoms with Crippen molar-refractivity contribution in [3.05, 3.63) is 29.1 Å². The Morgan fingerprint density at radius 3 is 2.43 bits per heavy atom. The average Bonchev–Trinajstić information content (AvgIpc) is 3.22. The molecule has 0 aromatic heterocycles. The van der Waals surface area contributed by atoms with Crippen molar-refractivity contribution in [2.24, 2.45) is 23.2 Å². The SMILES string of the molecule is CN(CCCCC[C@@H]1Cc2cc(O)c(F)cc2[C@H]2CC[C@]3(C)[C@@H](O)CC[C@H]3[C@H]12)CCCSCCCC(F)(F)C(F)(F)F. The molecule has 3 nitrogen and oxygen atoms in total. The molecule has 0 radical (unpaired) electrons. The van der Waals surface area contributed by atoms with Crippen LogP contribution in [0.25, 0.3) is 0 Å². The zero-order valence-electron chi connectivity index (χ0n) is 24.9. The molecule has 4 rings (SSSR count). The number of hydrogen-bond acceptors (Lipinski definition) is 4. The van der Waals surface area contributed by atoms with Crippen LogP contribution in [0.5, 0.6) is 5.75 Å². The number of alkyl halides is 5. The minimum Gasteiger partial charge on any atom is -0.505 e. The van der Waals surface area contributed by atoms with E-state index in [4.69, 9.17) is 0 Å². The maximum Gasteiger partial charge on any atom is 0.453 e. The lowest BCUT2D eigenvalue weighted by atomic mass is 9.52. The van der Waals surface area contributed by atoms with Crippen molar-refractivity contribution in [1.29, 1.82) is 0 Å². The number of phenolic OH excluding ortho intramolecular Hbond substituents is 1. The quantitative estimate of drug-likeness (QED) is 0.161. The van der Waals surface area contributed by atoms with Gasteiger partial charge in [0, 0.05) is 6.42 Å². The predicted octanol–water partition coefficient (Wildman–Crippen LogP) is 8.57. The summed E-state index contributed by atoms with van der Waals surface area (Å²) in [6.07, 6.45) is 2.75. The number of aliphatic hydroxyl groups excluding tert-OH is 1. The number of phenols is 1. The van der Waals surface area contributed by atoms with E-state index in [1.807, 2.05) is 0 Å². The topological polar surface area (TPSA) is 43.7 Å². The predicted molar refractivity (Wildman–Crippen MR) is 156 cm³/mol. The highest BCUT2D eigenvalue weighted by Gasteiger charge is 2.57. The molecule has 3 aliphatic rings. The average molecular weight is 624 g/mol. The molecule has 1 aromatic carbocycles. The standard InChI is InChI=1S/C32H47F6NO2S/c1-30-13-11-23-24-20-26(33)27(40)19-22(24)18-21(29(23)25(30)9-10-28(30)41)8-4-3-5-14-39(2)15-7-17-42-16-6-12-31(34,35)32(36,37)38/h19-21,23,25,28-29,40-41H,3-18H2,1-2H3/t21-,23-,25+,28+,29-,30+/m1/s1. The Hall–Kier alpha value is -1.13. The Kier molecular flexibility index (Phi) is 11.2. The first-order valence-corrected chi connectivity index (χ1v) is 16.8. The fourth-order valence-corrected chi connectivity index (χ4v) is 9.08. The van der Waals surface area contributed by atoms with Crippen LogP contribution in [0, 0.1) is 29.0 Å². The van der Waals surface area contributed by atoms with Crippen molar-refractivity contribution in [1.82, 2.24) is 4.90 Å². The van der Waals surface area contributed by atoms with Crippen LogP contribution >= 0.6 is 11.8 Å². The molecule has 2 fully saturated rings. The molecule has 2 saturated carbocycles. The van der Waals surface area contributed by atoms with Crippen LogP contribution < -0.4 is 0 Å². The maximum atomic E-state index is 14.4. The Morgan fingerprint density at radius 2 is 1.69 bits per heavy atom. The molecule has 0 unspecified atom stereocenters. The molecule has 6 atom stereocenters. The van der Waals surface area contributed by atoms with Crippen molar-refractivity contribution in [3.63, 3.8) is 0 Å². The maximum absolute atomic E-state index is 14.4. The van der Waals surface area contributed by atoms with E-state index >= 15 is 0 Å². The van der Waals surface area contributed by atoms with E-state index in [1.165, 1.54) is 11.8 Å². The van der Waals surface area contributed by atoms with Crippen LogP contribution in [0.15, 0.2) is 12.1 Å². The van der Waals surface area contributed by atoms with E-state index in [0.29, 0.717) is 23.5 Å². The monoisotopic (exact) mass is 623 g/mol. The van der Waals surface area contributed by atoms with Gasteiger partial charge >= 0.3 is 12.1 Å². The number of rotatable bonds is 14. The molecule has 1 aromatic rings. The molecule has 0 bridgehead atoms. The summed E-state index contributed by atoms with van der Waals surface area (Å²) >= 11 is 1.43. The highest BCUT2D eigenvalue weighted by molar-refractivity contribution is 7.99. The van der Waals surface area contributed by atoms with Crippen LogP contribution in [-0.4, -0.2) is 65.0 Å². The van der Waals surface area contributed by atoms with Gasteiger partial charge in [0.25, 0.3) is 0 Å². The van der Waals surface area contributed by atoms with Crippen molar-refractivity contribution in [2.45, 2.75) is 108 Å². The second-order valence-corrected chi connectivity index (χ2v) is 14.5. The summed E-state index contributed by atoms with van der Waals surface area (Å²) in [6.45, 7) is 4.05. The van der Waals surface area contributed by atoms with Gasteiger partial charge in [-0.15, -0.1) is 0 Å². The third kappa shape index (κ3) is 7.56. The van der Waals surface area contributed by atoms with E-state index in [-0.39, 0.29) is 29.6 Å². The van der Waals surface area contributed by atoms with Crippen molar-refractivity contribution >= 4 is 11.8 Å². The number of nitrogens with zero attached hydrogens (tertiary/aromatic N) is 1. The fourth-order valence-electron chi connectivity index (χ4n) is 8.20. The Morgan fingerprint density at radius 1 is 0.976 bits per heavy atom. The molecular formula is C32H47F6NO2S. The van der Waals surface area contributed by atoms with E-state index in [9.17, 15) is 36.6 Å². The number of hydrogen-bond donors (Lipinski definition) is 2. The largest absolute Gasteiger partial charge is 0.505 e. The molecule has 0 heterocycles. The van der Waals surface area contributed by atoms with Gasteiger partial charge in [0.05, 0.1) is 6.10 Å². The first-order valence-electron chi connectivity index (χ1n) is 15.6. The number of halogens is 6. The summed E-state index contributed by atoms with van der Waals surface area (Å²) in [7, 11) is 2.05. The number of aliphatic hydroxyl groups is 1. The van der Waals surface area contributed by atoms with Crippen LogP contribution in [0.3, 0.4) is 0 Å². The normalized spacial score (nSPS) is 29.4. The second-order valence-electron chi connectivity index (χ2n) is 13.3. The summed E-state index contributed by atoms with van der Waals surface area (Å²) in [6, 6.07) is 3.20. The molecule has 0 spiro atoms. The Balaban J connectivity index is 1.18. The Bertz CT molecular complexity index is 1040. The van der Waals surface area contributed by atoms with Gasteiger partial charge in [-0.25, -0.2) is 4.39 Å². The van der Waals surface area contributed by atoms with Gasteiger partial charge in [0.15, 0.2) is 11.6 Å². The number of thioether (sulfide) groups is 1. The Labute approximate surface area is 250 Å². The number of fused-ring (bicyclic) bond motifs is 5. The molecule has 0 amide bonds. The molecule has 0 saturated heterocycles. The van der Waals surface area contributed by atoms with Gasteiger partial charge < -0.3 is 15.1 Å². The van der Waals surface area contributed by atoms with E-state index in [0.717, 1.165) is 94.2 Å². The first kappa shape index (κ1) is 33.8. The second kappa shape index (κ2) is 13.9. The van der Waals surface area contributed by atoms with E-state index < -0.39 is 24.3 Å². The third-order valence-corrected chi connectivity index (χ3v) is 11.7. The van der Waals surface area contributed by atoms with Gasteiger partial charge in [0.1, 0.15) is 0 Å². The minimum absolute atomic E-state index is 0.0679. The third-order valence-electron chi connectivity index (χ3n) is 10.6. The van der Waals surface area contributed by atoms with E-state index in [2.05, 4.69) is 18.9 Å². The molecule has 2 N–H and O–H groups in total.